The van der Waals surface area contributed by atoms with Crippen molar-refractivity contribution in [2.24, 2.45) is 0 Å². The molecule has 0 saturated carbocycles. The standard InChI is InChI=1S/C25H18.C16H16.C15H14.C13H10O.C13H10S.C12H8O.C12H8S.C11H10.12C2H6/c1-3-11-19(12-4-1)25(20-13-5-2-6-14-20)23-17-9-7-15-21(23)22-16-8-10-18-24(22)25;1-11-7-6-9-13-12-8-4-5-10-14(12)16(2,3)15(11)13;1-15(2)13-9-5-3-7-11(13)12-8-4-6-10-14(12)15;2*1-9-5-4-7-11-10-6-2-3-8-12(10)14-13(9)11;2*1-3-7-11-9(5-1)10-6-2-4-8-12(10)13-11;1-9-5-4-7-10-6-2-3-8-11(9)10;12*1-2/h1-18H;4-10H,1-3H3;3-10H,1-2H3;2*2-8H,1H3;2*1-8H;2-8H,1H3;12*1-2H3. The van der Waals surface area contributed by atoms with Crippen molar-refractivity contribution in [1.29, 1.82) is 0 Å². The number of aryl methyl sites for hydroxylation is 4. The van der Waals surface area contributed by atoms with E-state index in [4.69, 9.17) is 8.83 Å². The lowest BCUT2D eigenvalue weighted by atomic mass is 9.68. The molecule has 2 nitrogen and oxygen atoms in total. The van der Waals surface area contributed by atoms with Crippen molar-refractivity contribution in [2.45, 2.75) is 238 Å². The number of fused-ring (bicyclic) bond motifs is 22. The first-order valence-electron chi connectivity index (χ1n) is 53.9. The second kappa shape index (κ2) is 62.7. The van der Waals surface area contributed by atoms with Crippen molar-refractivity contribution >= 4 is 118 Å². The van der Waals surface area contributed by atoms with Crippen LogP contribution in [0.2, 0.25) is 0 Å². The van der Waals surface area contributed by atoms with Crippen molar-refractivity contribution in [2.75, 3.05) is 0 Å². The molecule has 25 rings (SSSR count). The van der Waals surface area contributed by atoms with E-state index in [9.17, 15) is 0 Å². The summed E-state index contributed by atoms with van der Waals surface area (Å²) in [5.74, 6) is 0. The quantitative estimate of drug-likeness (QED) is 0.172. The molecule has 4 heterocycles. The van der Waals surface area contributed by atoms with Gasteiger partial charge >= 0.3 is 0 Å². The number of benzene rings is 18. The van der Waals surface area contributed by atoms with Crippen molar-refractivity contribution in [1.82, 2.24) is 0 Å². The third-order valence-corrected chi connectivity index (χ3v) is 26.9. The Morgan fingerprint density at radius 2 is 0.441 bits per heavy atom. The number of thiophene rings is 2. The summed E-state index contributed by atoms with van der Waals surface area (Å²) in [7, 11) is 0. The molecule has 0 fully saturated rings. The predicted octanol–water partition coefficient (Wildman–Crippen LogP) is 45.7. The van der Waals surface area contributed by atoms with Gasteiger partial charge in [0.1, 0.15) is 22.3 Å². The van der Waals surface area contributed by atoms with Crippen LogP contribution < -0.4 is 0 Å². The molecule has 0 N–H and O–H groups in total. The molecular weight excluding hydrogens is 1790 g/mol. The van der Waals surface area contributed by atoms with E-state index < -0.39 is 0 Å². The van der Waals surface area contributed by atoms with Gasteiger partial charge in [-0.05, 0) is 175 Å². The molecule has 0 saturated heterocycles. The van der Waals surface area contributed by atoms with Crippen molar-refractivity contribution < 1.29 is 8.83 Å². The fourth-order valence-electron chi connectivity index (χ4n) is 18.7. The minimum absolute atomic E-state index is 0.150. The highest BCUT2D eigenvalue weighted by Gasteiger charge is 2.46. The average molecular weight is 1960 g/mol. The Morgan fingerprint density at radius 1 is 0.179 bits per heavy atom. The molecule has 4 heteroatoms. The van der Waals surface area contributed by atoms with Gasteiger partial charge in [0.25, 0.3) is 0 Å². The van der Waals surface area contributed by atoms with Gasteiger partial charge in [0.05, 0.1) is 5.41 Å². The van der Waals surface area contributed by atoms with Crippen LogP contribution in [-0.4, -0.2) is 0 Å². The Hall–Kier alpha value is -13.7. The largest absolute Gasteiger partial charge is 0.456 e. The second-order valence-electron chi connectivity index (χ2n) is 32.5. The van der Waals surface area contributed by atoms with Gasteiger partial charge in [-0.1, -0.05) is 582 Å². The SMILES string of the molecule is CC.CC.CC.CC.CC.CC.CC.CC.CC.CC.CC.CC.CC1(C)c2ccccc2-c2ccccc21.Cc1cccc2c1C(C)(C)c1ccccc1-2.Cc1cccc2c1oc1ccccc12.Cc1cccc2c1sc1ccccc12.Cc1cccc2ccccc12.c1ccc(C2(c3ccccc3)c3ccccc3-c3ccccc32)cc1.c1ccc2c(c1)oc1ccccc12.c1ccc2c(c1)sc1ccccc12. The summed E-state index contributed by atoms with van der Waals surface area (Å²) in [5.41, 5.74) is 28.8. The van der Waals surface area contributed by atoms with E-state index in [-0.39, 0.29) is 16.2 Å². The van der Waals surface area contributed by atoms with Crippen LogP contribution >= 0.6 is 22.7 Å². The average Bonchev–Trinajstić information content (AvgIpc) is 1.58. The van der Waals surface area contributed by atoms with Crippen molar-refractivity contribution in [3.8, 4) is 33.4 Å². The maximum atomic E-state index is 5.78. The fourth-order valence-corrected chi connectivity index (χ4v) is 21.0. The van der Waals surface area contributed by atoms with Crippen LogP contribution in [0.4, 0.5) is 0 Å². The van der Waals surface area contributed by atoms with Gasteiger partial charge in [-0.15, -0.1) is 22.7 Å². The number of furan rings is 2. The Kier molecular flexibility index (Phi) is 51.9. The number of hydrogen-bond acceptors (Lipinski definition) is 4. The van der Waals surface area contributed by atoms with Gasteiger partial charge in [0, 0.05) is 72.7 Å². The zero-order valence-corrected chi connectivity index (χ0v) is 95.2. The third kappa shape index (κ3) is 27.7. The molecule has 754 valence electrons. The van der Waals surface area contributed by atoms with Gasteiger partial charge in [0.2, 0.25) is 0 Å². The molecule has 0 spiro atoms. The molecular formula is C141H166O2S2. The highest BCUT2D eigenvalue weighted by atomic mass is 32.1. The normalized spacial score (nSPS) is 11.2. The summed E-state index contributed by atoms with van der Waals surface area (Å²) >= 11 is 3.75. The summed E-state index contributed by atoms with van der Waals surface area (Å²) in [6.07, 6.45) is 0. The molecule has 0 bridgehead atoms. The van der Waals surface area contributed by atoms with Crippen molar-refractivity contribution in [3.05, 3.63) is 491 Å². The van der Waals surface area contributed by atoms with Crippen LogP contribution in [0.1, 0.15) is 261 Å². The summed E-state index contributed by atoms with van der Waals surface area (Å²) in [4.78, 5) is 0. The maximum absolute atomic E-state index is 5.78. The van der Waals surface area contributed by atoms with Gasteiger partial charge in [-0.3, -0.25) is 0 Å². The van der Waals surface area contributed by atoms with Gasteiger partial charge in [-0.2, -0.15) is 0 Å². The first-order chi connectivity index (χ1) is 71.2. The van der Waals surface area contributed by atoms with Crippen LogP contribution in [0.5, 0.6) is 0 Å². The van der Waals surface area contributed by atoms with E-state index in [1.54, 1.807) is 0 Å². The molecule has 4 aromatic heterocycles. The highest BCUT2D eigenvalue weighted by molar-refractivity contribution is 7.26. The summed E-state index contributed by atoms with van der Waals surface area (Å²) in [6.45, 7) is 65.9. The molecule has 0 aliphatic heterocycles. The zero-order valence-electron chi connectivity index (χ0n) is 93.5. The Balaban J connectivity index is 0.000000248. The Morgan fingerprint density at radius 3 is 0.869 bits per heavy atom. The predicted molar refractivity (Wildman–Crippen MR) is 657 cm³/mol. The van der Waals surface area contributed by atoms with E-state index in [1.165, 1.54) is 173 Å². The molecule has 0 atom stereocenters. The molecule has 145 heavy (non-hydrogen) atoms. The monoisotopic (exact) mass is 1960 g/mol. The van der Waals surface area contributed by atoms with E-state index in [1.807, 2.05) is 243 Å². The summed E-state index contributed by atoms with van der Waals surface area (Å²) in [6, 6.07) is 150. The first kappa shape index (κ1) is 120. The molecule has 3 aliphatic carbocycles. The van der Waals surface area contributed by atoms with Gasteiger partial charge in [0.15, 0.2) is 0 Å². The maximum Gasteiger partial charge on any atom is 0.138 e. The van der Waals surface area contributed by atoms with Crippen LogP contribution in [-0.2, 0) is 16.2 Å². The van der Waals surface area contributed by atoms with Crippen LogP contribution in [0, 0.1) is 27.7 Å². The van der Waals surface area contributed by atoms with Gasteiger partial charge < -0.3 is 8.83 Å². The summed E-state index contributed by atoms with van der Waals surface area (Å²) < 4.78 is 17.0. The zero-order chi connectivity index (χ0) is 107. The number of hydrogen-bond donors (Lipinski definition) is 0. The van der Waals surface area contributed by atoms with Crippen LogP contribution in [0.3, 0.4) is 0 Å². The second-order valence-corrected chi connectivity index (χ2v) is 34.7. The van der Waals surface area contributed by atoms with E-state index in [0.29, 0.717) is 0 Å². The van der Waals surface area contributed by atoms with E-state index in [2.05, 4.69) is 425 Å². The molecule has 0 unspecified atom stereocenters. The minimum atomic E-state index is -0.254. The minimum Gasteiger partial charge on any atom is -0.456 e. The molecule has 22 aromatic rings. The smallest absolute Gasteiger partial charge is 0.138 e. The molecule has 18 aromatic carbocycles. The van der Waals surface area contributed by atoms with Crippen molar-refractivity contribution in [3.63, 3.8) is 0 Å². The fraction of sp³-hybridized carbons (Fsp3) is 0.248. The topological polar surface area (TPSA) is 26.3 Å². The van der Waals surface area contributed by atoms with Crippen LogP contribution in [0.25, 0.3) is 128 Å². The third-order valence-electron chi connectivity index (χ3n) is 24.4. The molecule has 3 aliphatic rings. The van der Waals surface area contributed by atoms with E-state index >= 15 is 0 Å². The lowest BCUT2D eigenvalue weighted by Crippen LogP contribution is -2.28. The first-order valence-corrected chi connectivity index (χ1v) is 55.5. The van der Waals surface area contributed by atoms with Crippen LogP contribution in [0.15, 0.2) is 433 Å². The Labute approximate surface area is 882 Å². The Bertz CT molecular complexity index is 7010. The van der Waals surface area contributed by atoms with E-state index in [0.717, 1.165) is 22.3 Å². The lowest BCUT2D eigenvalue weighted by Gasteiger charge is -2.33. The number of para-hydroxylation sites is 4. The lowest BCUT2D eigenvalue weighted by molar-refractivity contribution is 0.655. The number of rotatable bonds is 2. The summed E-state index contributed by atoms with van der Waals surface area (Å²) in [5, 5.41) is 13.0. The molecule has 0 radical (unpaired) electrons. The van der Waals surface area contributed by atoms with Gasteiger partial charge in [-0.25, -0.2) is 0 Å². The highest BCUT2D eigenvalue weighted by Crippen LogP contribution is 2.57. The molecule has 0 amide bonds.